The molecule has 0 N–H and O–H groups in total. The summed E-state index contributed by atoms with van der Waals surface area (Å²) in [6.07, 6.45) is 9.78. The van der Waals surface area contributed by atoms with E-state index >= 15 is 0 Å². The minimum atomic E-state index is -0.477. The molecule has 170 valence electrons. The smallest absolute Gasteiger partial charge is 0.338 e. The van der Waals surface area contributed by atoms with Crippen LogP contribution in [0.15, 0.2) is 35.9 Å². The molecular weight excluding hydrogens is 406 g/mol. The number of allylic oxidation sites excluding steroid dienone is 1. The first-order valence-corrected chi connectivity index (χ1v) is 11.9. The predicted molar refractivity (Wildman–Crippen MR) is 119 cm³/mol. The van der Waals surface area contributed by atoms with Crippen molar-refractivity contribution in [2.75, 3.05) is 0 Å². The van der Waals surface area contributed by atoms with E-state index in [2.05, 4.69) is 19.9 Å². The van der Waals surface area contributed by atoms with Gasteiger partial charge in [0.05, 0.1) is 10.5 Å². The van der Waals surface area contributed by atoms with Crippen LogP contribution in [-0.2, 0) is 9.53 Å². The average Bonchev–Trinajstić information content (AvgIpc) is 3.08. The molecule has 0 aliphatic heterocycles. The van der Waals surface area contributed by atoms with Crippen LogP contribution >= 0.6 is 0 Å². The van der Waals surface area contributed by atoms with Gasteiger partial charge in [-0.2, -0.15) is 0 Å². The van der Waals surface area contributed by atoms with Gasteiger partial charge in [-0.25, -0.2) is 4.79 Å². The number of ketones is 1. The Morgan fingerprint density at radius 3 is 2.47 bits per heavy atom. The highest BCUT2D eigenvalue weighted by molar-refractivity contribution is 5.89. The van der Waals surface area contributed by atoms with Gasteiger partial charge in [0.25, 0.3) is 5.69 Å². The summed E-state index contributed by atoms with van der Waals surface area (Å²) in [5, 5.41) is 10.8. The van der Waals surface area contributed by atoms with Crippen molar-refractivity contribution in [2.24, 2.45) is 28.6 Å². The molecule has 0 bridgehead atoms. The van der Waals surface area contributed by atoms with Gasteiger partial charge in [0.1, 0.15) is 11.9 Å². The quantitative estimate of drug-likeness (QED) is 0.264. The molecule has 1 aromatic carbocycles. The van der Waals surface area contributed by atoms with Crippen molar-refractivity contribution in [3.63, 3.8) is 0 Å². The van der Waals surface area contributed by atoms with E-state index in [9.17, 15) is 19.7 Å². The fourth-order valence-corrected chi connectivity index (χ4v) is 7.44. The Balaban J connectivity index is 1.29. The minimum Gasteiger partial charge on any atom is -0.458 e. The van der Waals surface area contributed by atoms with Crippen molar-refractivity contribution in [1.82, 2.24) is 0 Å². The monoisotopic (exact) mass is 437 g/mol. The van der Waals surface area contributed by atoms with Crippen LogP contribution in [0.25, 0.3) is 0 Å². The first-order valence-electron chi connectivity index (χ1n) is 11.9. The Labute approximate surface area is 188 Å². The van der Waals surface area contributed by atoms with Crippen LogP contribution in [0.4, 0.5) is 5.69 Å². The maximum atomic E-state index is 12.6. The first-order chi connectivity index (χ1) is 15.2. The average molecular weight is 438 g/mol. The zero-order valence-electron chi connectivity index (χ0n) is 18.8. The molecule has 0 heterocycles. The topological polar surface area (TPSA) is 86.5 Å². The molecule has 6 nitrogen and oxygen atoms in total. The van der Waals surface area contributed by atoms with Crippen molar-refractivity contribution in [3.05, 3.63) is 51.6 Å². The Morgan fingerprint density at radius 2 is 1.75 bits per heavy atom. The number of carbonyl (C=O) groups excluding carboxylic acids is 2. The summed E-state index contributed by atoms with van der Waals surface area (Å²) in [4.78, 5) is 35.5. The summed E-state index contributed by atoms with van der Waals surface area (Å²) in [7, 11) is 0. The van der Waals surface area contributed by atoms with Gasteiger partial charge < -0.3 is 4.74 Å². The Hall–Kier alpha value is -2.50. The minimum absolute atomic E-state index is 0.0376. The number of Topliss-reactive ketones (excluding diaryl/α,β-unsaturated/α-hetero) is 1. The second-order valence-electron chi connectivity index (χ2n) is 10.8. The number of nitrogens with zero attached hydrogens (tertiary/aromatic N) is 1. The summed E-state index contributed by atoms with van der Waals surface area (Å²) < 4.78 is 5.81. The number of carbonyl (C=O) groups is 2. The molecule has 3 fully saturated rings. The van der Waals surface area contributed by atoms with E-state index in [0.29, 0.717) is 29.1 Å². The number of esters is 1. The highest BCUT2D eigenvalue weighted by Crippen LogP contribution is 2.64. The van der Waals surface area contributed by atoms with Gasteiger partial charge in [-0.05, 0) is 73.8 Å². The van der Waals surface area contributed by atoms with Crippen LogP contribution in [0, 0.1) is 38.7 Å². The molecule has 6 heteroatoms. The van der Waals surface area contributed by atoms with Gasteiger partial charge in [0, 0.05) is 30.4 Å². The summed E-state index contributed by atoms with van der Waals surface area (Å²) in [6.45, 7) is 4.60. The van der Waals surface area contributed by atoms with Crippen molar-refractivity contribution in [1.29, 1.82) is 0 Å². The first kappa shape index (κ1) is 21.4. The fraction of sp³-hybridized carbons (Fsp3) is 0.615. The van der Waals surface area contributed by atoms with E-state index in [4.69, 9.17) is 4.74 Å². The molecule has 32 heavy (non-hydrogen) atoms. The maximum Gasteiger partial charge on any atom is 0.338 e. The van der Waals surface area contributed by atoms with Gasteiger partial charge in [-0.3, -0.25) is 14.9 Å². The number of hydrogen-bond donors (Lipinski definition) is 0. The number of nitro groups is 1. The van der Waals surface area contributed by atoms with E-state index in [1.807, 2.05) is 0 Å². The Kier molecular flexibility index (Phi) is 5.02. The standard InChI is InChI=1S/C26H31NO5/c1-25-13-11-19(32-24(29)16-3-6-18(7-4-16)27(30)31)15-17(25)5-8-20-21-9-10-23(28)26(21,2)14-12-22(20)25/h3-7,19-22H,8-15H2,1-2H3/t19-,20+,21+,22+,25+,26+/m1/s1. The molecule has 3 saturated carbocycles. The predicted octanol–water partition coefficient (Wildman–Crippen LogP) is 5.65. The van der Waals surface area contributed by atoms with E-state index in [1.165, 1.54) is 29.8 Å². The molecule has 0 aromatic heterocycles. The SMILES string of the molecule is C[C@]12CC[C@@H](OC(=O)c3ccc([N+](=O)[O-])cc3)CC1=CC[C@@H]1[C@@H]2CC[C@]2(C)C(=O)CC[C@@H]12. The van der Waals surface area contributed by atoms with E-state index < -0.39 is 10.9 Å². The third-order valence-corrected chi connectivity index (χ3v) is 9.36. The van der Waals surface area contributed by atoms with Crippen molar-refractivity contribution < 1.29 is 19.2 Å². The summed E-state index contributed by atoms with van der Waals surface area (Å²) in [5.74, 6) is 1.77. The van der Waals surface area contributed by atoms with Gasteiger partial charge in [-0.1, -0.05) is 25.5 Å². The zero-order valence-corrected chi connectivity index (χ0v) is 18.8. The summed E-state index contributed by atoms with van der Waals surface area (Å²) in [5.41, 5.74) is 1.75. The number of fused-ring (bicyclic) bond motifs is 5. The Morgan fingerprint density at radius 1 is 1.06 bits per heavy atom. The van der Waals surface area contributed by atoms with Gasteiger partial charge in [0.15, 0.2) is 0 Å². The lowest BCUT2D eigenvalue weighted by atomic mass is 9.48. The molecule has 0 unspecified atom stereocenters. The number of hydrogen-bond acceptors (Lipinski definition) is 5. The normalized spacial score (nSPS) is 38.2. The third kappa shape index (κ3) is 3.22. The fourth-order valence-electron chi connectivity index (χ4n) is 7.44. The van der Waals surface area contributed by atoms with Crippen LogP contribution in [-0.4, -0.2) is 22.8 Å². The van der Waals surface area contributed by atoms with Crippen molar-refractivity contribution >= 4 is 17.4 Å². The van der Waals surface area contributed by atoms with Crippen LogP contribution < -0.4 is 0 Å². The Bertz CT molecular complexity index is 998. The van der Waals surface area contributed by atoms with Crippen molar-refractivity contribution in [2.45, 2.75) is 71.3 Å². The van der Waals surface area contributed by atoms with E-state index in [1.54, 1.807) is 0 Å². The molecule has 6 atom stereocenters. The molecule has 5 rings (SSSR count). The molecule has 1 aromatic rings. The zero-order chi connectivity index (χ0) is 22.7. The summed E-state index contributed by atoms with van der Waals surface area (Å²) >= 11 is 0. The van der Waals surface area contributed by atoms with Crippen LogP contribution in [0.3, 0.4) is 0 Å². The molecule has 0 spiro atoms. The number of rotatable bonds is 3. The van der Waals surface area contributed by atoms with Crippen LogP contribution in [0.2, 0.25) is 0 Å². The lowest BCUT2D eigenvalue weighted by molar-refractivity contribution is -0.384. The van der Waals surface area contributed by atoms with Crippen molar-refractivity contribution in [3.8, 4) is 0 Å². The second-order valence-corrected chi connectivity index (χ2v) is 10.8. The number of benzene rings is 1. The molecule has 4 aliphatic carbocycles. The highest BCUT2D eigenvalue weighted by atomic mass is 16.6. The van der Waals surface area contributed by atoms with Crippen LogP contribution in [0.1, 0.15) is 75.6 Å². The maximum absolute atomic E-state index is 12.6. The van der Waals surface area contributed by atoms with Gasteiger partial charge in [-0.15, -0.1) is 0 Å². The van der Waals surface area contributed by atoms with E-state index in [-0.39, 0.29) is 22.6 Å². The van der Waals surface area contributed by atoms with Gasteiger partial charge in [0.2, 0.25) is 0 Å². The molecule has 0 saturated heterocycles. The molecule has 0 amide bonds. The number of non-ortho nitro benzene ring substituents is 1. The lowest BCUT2D eigenvalue weighted by Crippen LogP contribution is -2.50. The lowest BCUT2D eigenvalue weighted by Gasteiger charge is -2.56. The molecule has 4 aliphatic rings. The number of ether oxygens (including phenoxy) is 1. The second kappa shape index (κ2) is 7.53. The van der Waals surface area contributed by atoms with Gasteiger partial charge >= 0.3 is 5.97 Å². The van der Waals surface area contributed by atoms with Crippen LogP contribution in [0.5, 0.6) is 0 Å². The molecular formula is C26H31NO5. The third-order valence-electron chi connectivity index (χ3n) is 9.36. The number of nitro benzene ring substituents is 1. The van der Waals surface area contributed by atoms with E-state index in [0.717, 1.165) is 51.4 Å². The summed E-state index contributed by atoms with van der Waals surface area (Å²) in [6, 6.07) is 5.59. The largest absolute Gasteiger partial charge is 0.458 e. The highest BCUT2D eigenvalue weighted by Gasteiger charge is 2.58. The molecule has 0 radical (unpaired) electrons.